The molecule has 0 aromatic heterocycles. The summed E-state index contributed by atoms with van der Waals surface area (Å²) in [4.78, 5) is 6.81. The van der Waals surface area contributed by atoms with Crippen molar-refractivity contribution in [3.8, 4) is 0 Å². The minimum absolute atomic E-state index is 0.557. The highest BCUT2D eigenvalue weighted by molar-refractivity contribution is 9.10. The van der Waals surface area contributed by atoms with E-state index in [1.807, 2.05) is 6.07 Å². The maximum absolute atomic E-state index is 5.89. The summed E-state index contributed by atoms with van der Waals surface area (Å²) in [6.07, 6.45) is 3.11. The maximum Gasteiger partial charge on any atom is 0.188 e. The Labute approximate surface area is 147 Å². The molecule has 23 heavy (non-hydrogen) atoms. The summed E-state index contributed by atoms with van der Waals surface area (Å²) in [5.74, 6) is 0.557. The highest BCUT2D eigenvalue weighted by Crippen LogP contribution is 2.12. The minimum Gasteiger partial charge on any atom is -0.379 e. The lowest BCUT2D eigenvalue weighted by molar-refractivity contribution is 0.0376. The van der Waals surface area contributed by atoms with E-state index in [9.17, 15) is 0 Å². The number of benzene rings is 1. The first-order valence-electron chi connectivity index (χ1n) is 8.32. The van der Waals surface area contributed by atoms with E-state index >= 15 is 0 Å². The van der Waals surface area contributed by atoms with E-state index in [1.165, 1.54) is 5.56 Å². The summed E-state index contributed by atoms with van der Waals surface area (Å²) in [6.45, 7) is 6.52. The second kappa shape index (κ2) is 10.6. The third-order valence-corrected chi connectivity index (χ3v) is 4.35. The molecule has 5 nitrogen and oxygen atoms in total. The molecule has 1 saturated heterocycles. The van der Waals surface area contributed by atoms with Crippen LogP contribution in [0.25, 0.3) is 0 Å². The zero-order valence-electron chi connectivity index (χ0n) is 13.6. The van der Waals surface area contributed by atoms with Gasteiger partial charge in [0.1, 0.15) is 0 Å². The fourth-order valence-corrected chi connectivity index (χ4v) is 3.02. The van der Waals surface area contributed by atoms with Crippen molar-refractivity contribution in [1.29, 1.82) is 0 Å². The standard InChI is InChI=1S/C17H27BrN4O/c18-16-6-1-4-15(14-16)5-2-7-20-17(19)21-8-3-9-22-10-12-23-13-11-22/h1,4,6,14H,2-3,5,7-13H2,(H3,19,20,21). The van der Waals surface area contributed by atoms with Gasteiger partial charge in [0.2, 0.25) is 0 Å². The number of aryl methyl sites for hydroxylation is 1. The second-order valence-electron chi connectivity index (χ2n) is 5.73. The zero-order chi connectivity index (χ0) is 16.3. The Kier molecular flexibility index (Phi) is 8.42. The number of ether oxygens (including phenoxy) is 1. The quantitative estimate of drug-likeness (QED) is 0.410. The van der Waals surface area contributed by atoms with Crippen molar-refractivity contribution in [2.45, 2.75) is 19.3 Å². The summed E-state index contributed by atoms with van der Waals surface area (Å²) in [6, 6.07) is 8.40. The molecule has 1 aliphatic rings. The zero-order valence-corrected chi connectivity index (χ0v) is 15.2. The van der Waals surface area contributed by atoms with Gasteiger partial charge in [-0.2, -0.15) is 0 Å². The van der Waals surface area contributed by atoms with Gasteiger partial charge in [0.05, 0.1) is 13.2 Å². The van der Waals surface area contributed by atoms with Crippen LogP contribution < -0.4 is 11.1 Å². The molecule has 0 spiro atoms. The van der Waals surface area contributed by atoms with Crippen molar-refractivity contribution in [2.75, 3.05) is 45.9 Å². The number of nitrogens with two attached hydrogens (primary N) is 1. The fraction of sp³-hybridized carbons (Fsp3) is 0.588. The maximum atomic E-state index is 5.89. The lowest BCUT2D eigenvalue weighted by Gasteiger charge is -2.26. The fourth-order valence-electron chi connectivity index (χ4n) is 2.57. The molecule has 3 N–H and O–H groups in total. The average molecular weight is 383 g/mol. The van der Waals surface area contributed by atoms with Gasteiger partial charge in [0.25, 0.3) is 0 Å². The Morgan fingerprint density at radius 1 is 1.30 bits per heavy atom. The molecular formula is C17H27BrN4O. The first-order chi connectivity index (χ1) is 11.2. The molecule has 1 aliphatic heterocycles. The molecular weight excluding hydrogens is 356 g/mol. The molecule has 1 aromatic carbocycles. The molecule has 0 bridgehead atoms. The number of rotatable bonds is 8. The topological polar surface area (TPSA) is 62.9 Å². The van der Waals surface area contributed by atoms with Crippen LogP contribution >= 0.6 is 15.9 Å². The number of aliphatic imine (C=N–C) groups is 1. The van der Waals surface area contributed by atoms with Crippen LogP contribution in [0.3, 0.4) is 0 Å². The van der Waals surface area contributed by atoms with Crippen molar-refractivity contribution in [1.82, 2.24) is 10.2 Å². The largest absolute Gasteiger partial charge is 0.379 e. The van der Waals surface area contributed by atoms with Gasteiger partial charge < -0.3 is 15.8 Å². The van der Waals surface area contributed by atoms with Crippen LogP contribution in [0.1, 0.15) is 18.4 Å². The lowest BCUT2D eigenvalue weighted by Crippen LogP contribution is -2.39. The Morgan fingerprint density at radius 2 is 2.13 bits per heavy atom. The molecule has 2 rings (SSSR count). The Balaban J connectivity index is 1.52. The van der Waals surface area contributed by atoms with Gasteiger partial charge in [-0.3, -0.25) is 9.89 Å². The summed E-state index contributed by atoms with van der Waals surface area (Å²) in [7, 11) is 0. The lowest BCUT2D eigenvalue weighted by atomic mass is 10.1. The predicted octanol–water partition coefficient (Wildman–Crippen LogP) is 2.01. The first-order valence-corrected chi connectivity index (χ1v) is 9.11. The van der Waals surface area contributed by atoms with Gasteiger partial charge >= 0.3 is 0 Å². The highest BCUT2D eigenvalue weighted by Gasteiger charge is 2.08. The second-order valence-corrected chi connectivity index (χ2v) is 6.65. The molecule has 6 heteroatoms. The van der Waals surface area contributed by atoms with Crippen LogP contribution in [0, 0.1) is 0 Å². The Morgan fingerprint density at radius 3 is 2.91 bits per heavy atom. The van der Waals surface area contributed by atoms with Crippen LogP contribution in [0.5, 0.6) is 0 Å². The summed E-state index contributed by atoms with van der Waals surface area (Å²) in [5.41, 5.74) is 7.22. The van der Waals surface area contributed by atoms with E-state index in [0.29, 0.717) is 5.96 Å². The Hall–Kier alpha value is -1.11. The van der Waals surface area contributed by atoms with Gasteiger partial charge in [-0.05, 0) is 43.5 Å². The summed E-state index contributed by atoms with van der Waals surface area (Å²) in [5, 5.41) is 3.19. The smallest absolute Gasteiger partial charge is 0.188 e. The van der Waals surface area contributed by atoms with Crippen molar-refractivity contribution in [2.24, 2.45) is 10.7 Å². The number of halogens is 1. The van der Waals surface area contributed by atoms with E-state index in [-0.39, 0.29) is 0 Å². The molecule has 0 aliphatic carbocycles. The highest BCUT2D eigenvalue weighted by atomic mass is 79.9. The van der Waals surface area contributed by atoms with Gasteiger partial charge in [-0.25, -0.2) is 0 Å². The number of hydrogen-bond acceptors (Lipinski definition) is 3. The average Bonchev–Trinajstić information content (AvgIpc) is 2.57. The van der Waals surface area contributed by atoms with Crippen molar-refractivity contribution >= 4 is 21.9 Å². The molecule has 0 amide bonds. The number of nitrogens with one attached hydrogen (secondary N) is 1. The van der Waals surface area contributed by atoms with Crippen LogP contribution in [-0.2, 0) is 11.2 Å². The van der Waals surface area contributed by atoms with E-state index < -0.39 is 0 Å². The van der Waals surface area contributed by atoms with E-state index in [1.54, 1.807) is 0 Å². The van der Waals surface area contributed by atoms with E-state index in [4.69, 9.17) is 10.5 Å². The van der Waals surface area contributed by atoms with Crippen LogP contribution in [0.4, 0.5) is 0 Å². The SMILES string of the molecule is NC(=NCCCc1cccc(Br)c1)NCCCN1CCOCC1. The number of guanidine groups is 1. The third kappa shape index (κ3) is 7.81. The third-order valence-electron chi connectivity index (χ3n) is 3.86. The van der Waals surface area contributed by atoms with Crippen LogP contribution in [0.2, 0.25) is 0 Å². The molecule has 0 atom stereocenters. The number of morpholine rings is 1. The van der Waals surface area contributed by atoms with Gasteiger partial charge in [0, 0.05) is 30.7 Å². The van der Waals surface area contributed by atoms with E-state index in [2.05, 4.69) is 49.3 Å². The molecule has 1 aromatic rings. The number of hydrogen-bond donors (Lipinski definition) is 2. The van der Waals surface area contributed by atoms with Gasteiger partial charge in [-0.15, -0.1) is 0 Å². The van der Waals surface area contributed by atoms with Crippen LogP contribution in [-0.4, -0.2) is 56.8 Å². The molecule has 0 saturated carbocycles. The van der Waals surface area contributed by atoms with Gasteiger partial charge in [-0.1, -0.05) is 28.1 Å². The van der Waals surface area contributed by atoms with E-state index in [0.717, 1.165) is 69.7 Å². The first kappa shape index (κ1) is 18.2. The van der Waals surface area contributed by atoms with Crippen LogP contribution in [0.15, 0.2) is 33.7 Å². The van der Waals surface area contributed by atoms with Crippen molar-refractivity contribution in [3.63, 3.8) is 0 Å². The molecule has 128 valence electrons. The molecule has 0 radical (unpaired) electrons. The number of nitrogens with zero attached hydrogens (tertiary/aromatic N) is 2. The predicted molar refractivity (Wildman–Crippen MR) is 98.8 cm³/mol. The monoisotopic (exact) mass is 382 g/mol. The van der Waals surface area contributed by atoms with Crippen molar-refractivity contribution < 1.29 is 4.74 Å². The molecule has 1 fully saturated rings. The Bertz CT molecular complexity index is 489. The molecule has 1 heterocycles. The van der Waals surface area contributed by atoms with Crippen molar-refractivity contribution in [3.05, 3.63) is 34.3 Å². The normalized spacial score (nSPS) is 16.5. The summed E-state index contributed by atoms with van der Waals surface area (Å²) >= 11 is 3.49. The minimum atomic E-state index is 0.557. The molecule has 0 unspecified atom stereocenters. The summed E-state index contributed by atoms with van der Waals surface area (Å²) < 4.78 is 6.46. The van der Waals surface area contributed by atoms with Gasteiger partial charge in [0.15, 0.2) is 5.96 Å².